The van der Waals surface area contributed by atoms with Crippen LogP contribution in [0.25, 0.3) is 0 Å². The van der Waals surface area contributed by atoms with Crippen molar-refractivity contribution in [2.24, 2.45) is 0 Å². The fourth-order valence-electron chi connectivity index (χ4n) is 1.56. The van der Waals surface area contributed by atoms with E-state index in [1.165, 1.54) is 0 Å². The number of aryl methyl sites for hydroxylation is 1. The van der Waals surface area contributed by atoms with E-state index < -0.39 is 0 Å². The Kier molecular flexibility index (Phi) is 3.54. The van der Waals surface area contributed by atoms with Gasteiger partial charge in [0.1, 0.15) is 16.8 Å². The van der Waals surface area contributed by atoms with Gasteiger partial charge in [-0.05, 0) is 31.5 Å². The summed E-state index contributed by atoms with van der Waals surface area (Å²) in [6.07, 6.45) is 3.54. The van der Waals surface area contributed by atoms with Crippen molar-refractivity contribution in [3.05, 3.63) is 47.1 Å². The lowest BCUT2D eigenvalue weighted by Gasteiger charge is -2.14. The molecule has 0 saturated heterocycles. The number of rotatable bonds is 3. The van der Waals surface area contributed by atoms with E-state index >= 15 is 0 Å². The highest BCUT2D eigenvalue weighted by atomic mass is 35.5. The maximum absolute atomic E-state index is 5.88. The molecule has 2 heterocycles. The summed E-state index contributed by atoms with van der Waals surface area (Å²) in [5.41, 5.74) is 1.15. The molecular formula is C12H13ClN4. The molecule has 5 heteroatoms. The summed E-state index contributed by atoms with van der Waals surface area (Å²) in [4.78, 5) is 12.3. The van der Waals surface area contributed by atoms with Gasteiger partial charge < -0.3 is 5.32 Å². The van der Waals surface area contributed by atoms with Crippen LogP contribution >= 0.6 is 11.6 Å². The predicted molar refractivity (Wildman–Crippen MR) is 68.1 cm³/mol. The maximum Gasteiger partial charge on any atom is 0.134 e. The Bertz CT molecular complexity index is 481. The van der Waals surface area contributed by atoms with Crippen molar-refractivity contribution >= 4 is 17.4 Å². The molecule has 0 aromatic carbocycles. The third kappa shape index (κ3) is 3.14. The Balaban J connectivity index is 2.16. The van der Waals surface area contributed by atoms with Gasteiger partial charge >= 0.3 is 0 Å². The van der Waals surface area contributed by atoms with Crippen LogP contribution in [0.3, 0.4) is 0 Å². The minimum atomic E-state index is 0.142. The van der Waals surface area contributed by atoms with Crippen LogP contribution in [0.2, 0.25) is 5.15 Å². The molecule has 0 saturated carbocycles. The molecule has 88 valence electrons. The fraction of sp³-hybridized carbons (Fsp3) is 0.250. The molecule has 1 unspecified atom stereocenters. The van der Waals surface area contributed by atoms with E-state index in [-0.39, 0.29) is 6.04 Å². The third-order valence-corrected chi connectivity index (χ3v) is 2.57. The standard InChI is InChI=1S/C12H13ClN4/c1-8(10-3-5-14-6-4-10)15-12-7-11(13)16-9(2)17-12/h3-8H,1-2H3,(H,15,16,17). The number of aromatic nitrogens is 3. The van der Waals surface area contributed by atoms with Crippen molar-refractivity contribution < 1.29 is 0 Å². The van der Waals surface area contributed by atoms with Crippen molar-refractivity contribution in [1.82, 2.24) is 15.0 Å². The first kappa shape index (κ1) is 11.8. The van der Waals surface area contributed by atoms with Gasteiger partial charge in [-0.2, -0.15) is 0 Å². The molecule has 0 spiro atoms. The smallest absolute Gasteiger partial charge is 0.134 e. The summed E-state index contributed by atoms with van der Waals surface area (Å²) in [6, 6.07) is 5.79. The molecule has 0 aliphatic carbocycles. The topological polar surface area (TPSA) is 50.7 Å². The first-order valence-corrected chi connectivity index (χ1v) is 5.70. The van der Waals surface area contributed by atoms with Gasteiger partial charge in [0.25, 0.3) is 0 Å². The number of hydrogen-bond donors (Lipinski definition) is 1. The van der Waals surface area contributed by atoms with Gasteiger partial charge in [0.05, 0.1) is 6.04 Å². The molecule has 2 aromatic heterocycles. The van der Waals surface area contributed by atoms with Gasteiger partial charge in [-0.1, -0.05) is 11.6 Å². The first-order chi connectivity index (χ1) is 8.15. The number of nitrogens with zero attached hydrogens (tertiary/aromatic N) is 3. The SMILES string of the molecule is Cc1nc(Cl)cc(NC(C)c2ccncc2)n1. The highest BCUT2D eigenvalue weighted by Gasteiger charge is 2.06. The largest absolute Gasteiger partial charge is 0.363 e. The fourth-order valence-corrected chi connectivity index (χ4v) is 1.79. The minimum Gasteiger partial charge on any atom is -0.363 e. The summed E-state index contributed by atoms with van der Waals surface area (Å²) in [6.45, 7) is 3.87. The molecule has 1 atom stereocenters. The van der Waals surface area contributed by atoms with Gasteiger partial charge in [0.15, 0.2) is 0 Å². The number of pyridine rings is 1. The van der Waals surface area contributed by atoms with Gasteiger partial charge in [-0.25, -0.2) is 9.97 Å². The Labute approximate surface area is 105 Å². The van der Waals surface area contributed by atoms with Crippen molar-refractivity contribution in [2.45, 2.75) is 19.9 Å². The van der Waals surface area contributed by atoms with Gasteiger partial charge in [0, 0.05) is 18.5 Å². The Morgan fingerprint density at radius 1 is 1.24 bits per heavy atom. The molecule has 4 nitrogen and oxygen atoms in total. The Morgan fingerprint density at radius 3 is 2.59 bits per heavy atom. The van der Waals surface area contributed by atoms with Crippen molar-refractivity contribution in [3.63, 3.8) is 0 Å². The van der Waals surface area contributed by atoms with Crippen LogP contribution < -0.4 is 5.32 Å². The minimum absolute atomic E-state index is 0.142. The van der Waals surface area contributed by atoms with Crippen LogP contribution in [0.1, 0.15) is 24.4 Å². The monoisotopic (exact) mass is 248 g/mol. The van der Waals surface area contributed by atoms with Crippen LogP contribution in [0.4, 0.5) is 5.82 Å². The van der Waals surface area contributed by atoms with Crippen LogP contribution in [-0.4, -0.2) is 15.0 Å². The lowest BCUT2D eigenvalue weighted by Crippen LogP contribution is -2.08. The van der Waals surface area contributed by atoms with Crippen molar-refractivity contribution in [3.8, 4) is 0 Å². The van der Waals surface area contributed by atoms with Gasteiger partial charge in [0.2, 0.25) is 0 Å². The van der Waals surface area contributed by atoms with Crippen molar-refractivity contribution in [2.75, 3.05) is 5.32 Å². The molecule has 0 radical (unpaired) electrons. The Morgan fingerprint density at radius 2 is 1.94 bits per heavy atom. The van der Waals surface area contributed by atoms with E-state index in [9.17, 15) is 0 Å². The van der Waals surface area contributed by atoms with Crippen molar-refractivity contribution in [1.29, 1.82) is 0 Å². The zero-order valence-electron chi connectivity index (χ0n) is 9.68. The van der Waals surface area contributed by atoms with Gasteiger partial charge in [-0.3, -0.25) is 4.98 Å². The average molecular weight is 249 g/mol. The molecule has 0 aliphatic heterocycles. The molecule has 0 amide bonds. The van der Waals surface area contributed by atoms with Gasteiger partial charge in [-0.15, -0.1) is 0 Å². The average Bonchev–Trinajstić information content (AvgIpc) is 2.28. The second-order valence-corrected chi connectivity index (χ2v) is 4.16. The molecule has 0 aliphatic rings. The van der Waals surface area contributed by atoms with Crippen LogP contribution in [0.15, 0.2) is 30.6 Å². The summed E-state index contributed by atoms with van der Waals surface area (Å²) >= 11 is 5.88. The van der Waals surface area contributed by atoms with E-state index in [1.807, 2.05) is 19.1 Å². The molecule has 1 N–H and O–H groups in total. The summed E-state index contributed by atoms with van der Waals surface area (Å²) in [5, 5.41) is 3.72. The van der Waals surface area contributed by atoms with E-state index in [1.54, 1.807) is 18.5 Å². The second-order valence-electron chi connectivity index (χ2n) is 3.77. The van der Waals surface area contributed by atoms with Crippen LogP contribution in [0.5, 0.6) is 0 Å². The van der Waals surface area contributed by atoms with Crippen LogP contribution in [0, 0.1) is 6.92 Å². The summed E-state index contributed by atoms with van der Waals surface area (Å²) in [7, 11) is 0. The molecule has 17 heavy (non-hydrogen) atoms. The number of hydrogen-bond acceptors (Lipinski definition) is 4. The van der Waals surface area contributed by atoms with Crippen LogP contribution in [-0.2, 0) is 0 Å². The zero-order valence-corrected chi connectivity index (χ0v) is 10.4. The molecular weight excluding hydrogens is 236 g/mol. The lowest BCUT2D eigenvalue weighted by atomic mass is 10.1. The number of anilines is 1. The molecule has 2 aromatic rings. The van der Waals surface area contributed by atoms with E-state index in [0.717, 1.165) is 11.4 Å². The second kappa shape index (κ2) is 5.10. The number of halogens is 1. The summed E-state index contributed by atoms with van der Waals surface area (Å²) in [5.74, 6) is 1.38. The van der Waals surface area contributed by atoms with E-state index in [4.69, 9.17) is 11.6 Å². The molecule has 0 bridgehead atoms. The predicted octanol–water partition coefficient (Wildman–Crippen LogP) is 3.01. The normalized spacial score (nSPS) is 12.2. The summed E-state index contributed by atoms with van der Waals surface area (Å²) < 4.78 is 0. The third-order valence-electron chi connectivity index (χ3n) is 2.38. The van der Waals surface area contributed by atoms with E-state index in [0.29, 0.717) is 11.0 Å². The first-order valence-electron chi connectivity index (χ1n) is 5.33. The molecule has 2 rings (SSSR count). The van der Waals surface area contributed by atoms with E-state index in [2.05, 4.69) is 27.2 Å². The maximum atomic E-state index is 5.88. The Hall–Kier alpha value is -1.68. The zero-order chi connectivity index (χ0) is 12.3. The molecule has 0 fully saturated rings. The highest BCUT2D eigenvalue weighted by molar-refractivity contribution is 6.29. The number of nitrogens with one attached hydrogen (secondary N) is 1. The lowest BCUT2D eigenvalue weighted by molar-refractivity contribution is 0.864. The highest BCUT2D eigenvalue weighted by Crippen LogP contribution is 2.18. The quantitative estimate of drug-likeness (QED) is 0.849.